The van der Waals surface area contributed by atoms with E-state index in [4.69, 9.17) is 0 Å². The summed E-state index contributed by atoms with van der Waals surface area (Å²) in [6, 6.07) is 0. The first-order valence-corrected chi connectivity index (χ1v) is 9.23. The third-order valence-electron chi connectivity index (χ3n) is 3.40. The van der Waals surface area contributed by atoms with Crippen molar-refractivity contribution in [1.82, 2.24) is 4.57 Å². The maximum absolute atomic E-state index is 2.58. The maximum atomic E-state index is 2.58. The first-order chi connectivity index (χ1) is 9.24. The summed E-state index contributed by atoms with van der Waals surface area (Å²) in [6.45, 7) is 12.3. The molecule has 0 aliphatic carbocycles. The van der Waals surface area contributed by atoms with E-state index in [9.17, 15) is 0 Å². The Bertz CT molecular complexity index is 423. The summed E-state index contributed by atoms with van der Waals surface area (Å²) in [7, 11) is 0. The van der Waals surface area contributed by atoms with Crippen LogP contribution in [0.3, 0.4) is 0 Å². The molecule has 0 fully saturated rings. The van der Waals surface area contributed by atoms with Gasteiger partial charge in [0.25, 0.3) is 0 Å². The van der Waals surface area contributed by atoms with Crippen molar-refractivity contribution in [2.24, 2.45) is 0 Å². The number of nitrogens with zero attached hydrogens (tertiary/aromatic N) is 1. The van der Waals surface area contributed by atoms with Crippen molar-refractivity contribution in [1.29, 1.82) is 0 Å². The molecule has 1 aromatic heterocycles. The predicted octanol–water partition coefficient (Wildman–Crippen LogP) is 3.99. The quantitative estimate of drug-likeness (QED) is 0.520. The van der Waals surface area contributed by atoms with Crippen molar-refractivity contribution in [2.75, 3.05) is 0 Å². The molecular formula is C17H27NRu. The second-order valence-electron chi connectivity index (χ2n) is 4.43. The summed E-state index contributed by atoms with van der Waals surface area (Å²) in [5, 5.41) is 0. The van der Waals surface area contributed by atoms with Gasteiger partial charge in [0.2, 0.25) is 0 Å². The van der Waals surface area contributed by atoms with Crippen molar-refractivity contribution in [3.8, 4) is 0 Å². The Morgan fingerprint density at radius 1 is 0.947 bits per heavy atom. The summed E-state index contributed by atoms with van der Waals surface area (Å²) < 4.78 is 6.56. The van der Waals surface area contributed by atoms with Crippen LogP contribution in [0, 0.1) is 0 Å². The van der Waals surface area contributed by atoms with E-state index in [-0.39, 0.29) is 17.1 Å². The van der Waals surface area contributed by atoms with E-state index in [0.29, 0.717) is 0 Å². The predicted molar refractivity (Wildman–Crippen MR) is 81.8 cm³/mol. The molecule has 0 unspecified atom stereocenters. The van der Waals surface area contributed by atoms with Crippen LogP contribution >= 0.6 is 0 Å². The fourth-order valence-corrected chi connectivity index (χ4v) is 4.88. The first kappa shape index (κ1) is 16.4. The molecule has 0 saturated carbocycles. The Morgan fingerprint density at radius 2 is 1.63 bits per heavy atom. The van der Waals surface area contributed by atoms with Gasteiger partial charge in [-0.05, 0) is 0 Å². The Kier molecular flexibility index (Phi) is 7.38. The van der Waals surface area contributed by atoms with Gasteiger partial charge in [-0.1, -0.05) is 0 Å². The van der Waals surface area contributed by atoms with E-state index in [2.05, 4.69) is 62.1 Å². The first-order valence-electron chi connectivity index (χ1n) is 7.36. The minimum absolute atomic E-state index is 0.175. The molecule has 0 aliphatic heterocycles. The molecule has 0 bridgehead atoms. The van der Waals surface area contributed by atoms with E-state index in [1.165, 1.54) is 12.8 Å². The van der Waals surface area contributed by atoms with E-state index < -0.39 is 0 Å². The molecule has 0 atom stereocenters. The SMILES string of the molecule is CC=CC=[CH][Ru][c]1c(CC)c(CC)c(CC)n1CC. The van der Waals surface area contributed by atoms with Crippen LogP contribution in [0.5, 0.6) is 0 Å². The van der Waals surface area contributed by atoms with Crippen LogP contribution in [-0.2, 0) is 42.9 Å². The van der Waals surface area contributed by atoms with Crippen LogP contribution in [0.1, 0.15) is 51.4 Å². The number of hydrogen-bond donors (Lipinski definition) is 0. The number of allylic oxidation sites excluding steroid dienone is 3. The molecule has 0 aliphatic rings. The van der Waals surface area contributed by atoms with Gasteiger partial charge in [-0.25, -0.2) is 0 Å². The monoisotopic (exact) mass is 347 g/mol. The van der Waals surface area contributed by atoms with Crippen molar-refractivity contribution >= 4 is 4.29 Å². The number of aromatic nitrogens is 1. The molecule has 1 nitrogen and oxygen atoms in total. The Morgan fingerprint density at radius 3 is 2.11 bits per heavy atom. The fraction of sp³-hybridized carbons (Fsp3) is 0.529. The van der Waals surface area contributed by atoms with Crippen molar-refractivity contribution in [3.63, 3.8) is 0 Å². The number of hydrogen-bond acceptors (Lipinski definition) is 0. The van der Waals surface area contributed by atoms with Crippen molar-refractivity contribution < 1.29 is 17.1 Å². The van der Waals surface area contributed by atoms with Gasteiger partial charge < -0.3 is 0 Å². The Balaban J connectivity index is 3.22. The molecule has 1 rings (SSSR count). The molecule has 0 spiro atoms. The van der Waals surface area contributed by atoms with Gasteiger partial charge in [-0.15, -0.1) is 0 Å². The standard InChI is InChI=1S/C12H20N.C5H7.Ru/c1-5-10-9-13(8-4)12(7-3)11(10)6-2;1-3-5-4-2;/h5-8H2,1-4H3;1,3-5H,2H3;. The van der Waals surface area contributed by atoms with Gasteiger partial charge in [0, 0.05) is 0 Å². The Labute approximate surface area is 126 Å². The average molecular weight is 346 g/mol. The molecule has 0 saturated heterocycles. The van der Waals surface area contributed by atoms with Gasteiger partial charge >= 0.3 is 126 Å². The summed E-state index contributed by atoms with van der Waals surface area (Å²) in [6.07, 6.45) is 9.91. The molecule has 0 aromatic carbocycles. The summed E-state index contributed by atoms with van der Waals surface area (Å²) in [4.78, 5) is 0. The van der Waals surface area contributed by atoms with Crippen LogP contribution < -0.4 is 4.29 Å². The molecule has 1 aromatic rings. The fourth-order valence-electron chi connectivity index (χ4n) is 2.60. The second-order valence-corrected chi connectivity index (χ2v) is 6.33. The van der Waals surface area contributed by atoms with Gasteiger partial charge in [0.1, 0.15) is 0 Å². The number of rotatable bonds is 7. The third kappa shape index (κ3) is 3.69. The van der Waals surface area contributed by atoms with Crippen LogP contribution in [-0.4, -0.2) is 4.57 Å². The van der Waals surface area contributed by atoms with Crippen LogP contribution in [0.4, 0.5) is 0 Å². The Hall–Kier alpha value is -0.617. The molecule has 0 N–H and O–H groups in total. The van der Waals surface area contributed by atoms with Crippen LogP contribution in [0.25, 0.3) is 0 Å². The van der Waals surface area contributed by atoms with Gasteiger partial charge in [0.05, 0.1) is 0 Å². The molecular weight excluding hydrogens is 319 g/mol. The molecule has 108 valence electrons. The normalized spacial score (nSPS) is 12.3. The van der Waals surface area contributed by atoms with E-state index in [0.717, 1.165) is 13.0 Å². The zero-order valence-corrected chi connectivity index (χ0v) is 14.7. The average Bonchev–Trinajstić information content (AvgIpc) is 2.75. The van der Waals surface area contributed by atoms with E-state index in [1.54, 1.807) is 21.1 Å². The molecule has 19 heavy (non-hydrogen) atoms. The van der Waals surface area contributed by atoms with Crippen molar-refractivity contribution in [2.45, 2.75) is 60.4 Å². The zero-order chi connectivity index (χ0) is 14.3. The van der Waals surface area contributed by atoms with E-state index >= 15 is 0 Å². The zero-order valence-electron chi connectivity index (χ0n) is 12.9. The van der Waals surface area contributed by atoms with Gasteiger partial charge in [0.15, 0.2) is 0 Å². The topological polar surface area (TPSA) is 4.93 Å². The molecule has 0 amide bonds. The van der Waals surface area contributed by atoms with E-state index in [1.807, 2.05) is 0 Å². The molecule has 1 heterocycles. The van der Waals surface area contributed by atoms with Crippen LogP contribution in [0.15, 0.2) is 22.9 Å². The summed E-state index contributed by atoms with van der Waals surface area (Å²) in [5.74, 6) is 0. The van der Waals surface area contributed by atoms with Gasteiger partial charge in [-0.2, -0.15) is 0 Å². The molecule has 0 radical (unpaired) electrons. The minimum atomic E-state index is 0.175. The summed E-state index contributed by atoms with van der Waals surface area (Å²) in [5.41, 5.74) is 4.82. The second kappa shape index (κ2) is 8.53. The third-order valence-corrected chi connectivity index (χ3v) is 5.49. The van der Waals surface area contributed by atoms with Gasteiger partial charge in [-0.3, -0.25) is 0 Å². The molecule has 2 heteroatoms. The van der Waals surface area contributed by atoms with Crippen LogP contribution in [0.2, 0.25) is 0 Å². The summed E-state index contributed by atoms with van der Waals surface area (Å²) >= 11 is 0.175. The van der Waals surface area contributed by atoms with Crippen molar-refractivity contribution in [3.05, 3.63) is 39.7 Å².